The predicted molar refractivity (Wildman–Crippen MR) is 183 cm³/mol. The van der Waals surface area contributed by atoms with Gasteiger partial charge in [0.1, 0.15) is 0 Å². The van der Waals surface area contributed by atoms with Crippen molar-refractivity contribution in [3.63, 3.8) is 0 Å². The summed E-state index contributed by atoms with van der Waals surface area (Å²) in [7, 11) is 0. The number of allylic oxidation sites excluding steroid dienone is 1. The van der Waals surface area contributed by atoms with Gasteiger partial charge in [-0.2, -0.15) is 0 Å². The van der Waals surface area contributed by atoms with Crippen molar-refractivity contribution in [1.29, 1.82) is 0 Å². The Balaban J connectivity index is 4.65. The molecule has 0 bridgehead atoms. The van der Waals surface area contributed by atoms with E-state index in [9.17, 15) is 0 Å². The van der Waals surface area contributed by atoms with Crippen molar-refractivity contribution >= 4 is 0 Å². The molecule has 0 aliphatic rings. The van der Waals surface area contributed by atoms with Crippen LogP contribution in [0.25, 0.3) is 0 Å². The maximum Gasteiger partial charge on any atom is 0.321 e. The highest BCUT2D eigenvalue weighted by atomic mass is 16.7. The van der Waals surface area contributed by atoms with E-state index in [1.165, 1.54) is 148 Å². The molecule has 0 aromatic carbocycles. The van der Waals surface area contributed by atoms with Crippen molar-refractivity contribution in [1.82, 2.24) is 0 Å². The van der Waals surface area contributed by atoms with Crippen LogP contribution in [0, 0.1) is 0 Å². The standard InChI is InChI=1S/C38H76O4/c1-5-9-13-16-19-22-25-29-33-39-36-42-38(41-35-31-27-24-21-18-15-11-7-3)37(32-28-12-8-4)40-34-30-26-23-20-17-14-10-6-2/h5-36H2,1-4H3. The summed E-state index contributed by atoms with van der Waals surface area (Å²) in [5, 5.41) is 0. The van der Waals surface area contributed by atoms with Gasteiger partial charge >= 0.3 is 5.95 Å². The summed E-state index contributed by atoms with van der Waals surface area (Å²) < 4.78 is 24.6. The minimum Gasteiger partial charge on any atom is -0.491 e. The molecule has 0 aromatic heterocycles. The average molecular weight is 597 g/mol. The molecule has 0 saturated carbocycles. The molecule has 42 heavy (non-hydrogen) atoms. The quantitative estimate of drug-likeness (QED) is 0.0409. The first-order valence-corrected chi connectivity index (χ1v) is 19.0. The first-order valence-electron chi connectivity index (χ1n) is 19.0. The van der Waals surface area contributed by atoms with Crippen LogP contribution in [0.1, 0.15) is 207 Å². The number of hydrogen-bond donors (Lipinski definition) is 0. The van der Waals surface area contributed by atoms with Crippen LogP contribution in [0.5, 0.6) is 0 Å². The molecule has 0 fully saturated rings. The molecule has 0 spiro atoms. The normalized spacial score (nSPS) is 12.0. The largest absolute Gasteiger partial charge is 0.491 e. The number of hydrogen-bond acceptors (Lipinski definition) is 4. The van der Waals surface area contributed by atoms with Crippen molar-refractivity contribution < 1.29 is 18.9 Å². The Kier molecular flexibility index (Phi) is 35.5. The molecule has 0 N–H and O–H groups in total. The van der Waals surface area contributed by atoms with Gasteiger partial charge in [0.2, 0.25) is 0 Å². The molecular formula is C38H76O4. The van der Waals surface area contributed by atoms with E-state index in [1.807, 2.05) is 0 Å². The summed E-state index contributed by atoms with van der Waals surface area (Å²) in [6.07, 6.45) is 35.7. The highest BCUT2D eigenvalue weighted by molar-refractivity contribution is 4.95. The summed E-state index contributed by atoms with van der Waals surface area (Å²) in [6.45, 7) is 11.5. The number of rotatable bonds is 36. The molecule has 0 amide bonds. The van der Waals surface area contributed by atoms with Crippen LogP contribution in [-0.4, -0.2) is 26.6 Å². The molecule has 0 rings (SSSR count). The molecular weight excluding hydrogens is 520 g/mol. The highest BCUT2D eigenvalue weighted by Gasteiger charge is 2.13. The van der Waals surface area contributed by atoms with Crippen LogP contribution >= 0.6 is 0 Å². The summed E-state index contributed by atoms with van der Waals surface area (Å²) in [5.74, 6) is 1.49. The van der Waals surface area contributed by atoms with Crippen LogP contribution in [-0.2, 0) is 18.9 Å². The lowest BCUT2D eigenvalue weighted by Gasteiger charge is -2.18. The summed E-state index contributed by atoms with van der Waals surface area (Å²) >= 11 is 0. The third-order valence-corrected chi connectivity index (χ3v) is 8.16. The van der Waals surface area contributed by atoms with Gasteiger partial charge in [-0.1, -0.05) is 175 Å². The van der Waals surface area contributed by atoms with Crippen LogP contribution in [0.15, 0.2) is 11.7 Å². The van der Waals surface area contributed by atoms with Gasteiger partial charge in [0, 0.05) is 6.42 Å². The Morgan fingerprint density at radius 1 is 0.333 bits per heavy atom. The Morgan fingerprint density at radius 3 is 1.14 bits per heavy atom. The van der Waals surface area contributed by atoms with Gasteiger partial charge in [-0.15, -0.1) is 0 Å². The fourth-order valence-corrected chi connectivity index (χ4v) is 5.30. The molecule has 0 aromatic rings. The Bertz CT molecular complexity index is 533. The molecule has 0 radical (unpaired) electrons. The molecule has 0 unspecified atom stereocenters. The second-order valence-corrected chi connectivity index (χ2v) is 12.5. The SMILES string of the molecule is CCCCCCCCCCOCOC(OCCCCCCCCCC)=C(CCCCC)OCCCCCCCCCC. The van der Waals surface area contributed by atoms with Gasteiger partial charge in [-0.25, -0.2) is 0 Å². The second-order valence-electron chi connectivity index (χ2n) is 12.5. The van der Waals surface area contributed by atoms with E-state index in [1.54, 1.807) is 0 Å². The molecule has 0 aliphatic carbocycles. The zero-order valence-electron chi connectivity index (χ0n) is 29.3. The molecule has 0 saturated heterocycles. The molecule has 0 aliphatic heterocycles. The maximum absolute atomic E-state index is 6.35. The Hall–Kier alpha value is -0.900. The molecule has 0 atom stereocenters. The van der Waals surface area contributed by atoms with Crippen molar-refractivity contribution in [3.8, 4) is 0 Å². The third kappa shape index (κ3) is 30.6. The molecule has 4 nitrogen and oxygen atoms in total. The average Bonchev–Trinajstić information content (AvgIpc) is 3.00. The maximum atomic E-state index is 6.35. The van der Waals surface area contributed by atoms with E-state index < -0.39 is 0 Å². The Labute approximate surface area is 264 Å². The zero-order chi connectivity index (χ0) is 30.6. The van der Waals surface area contributed by atoms with Crippen molar-refractivity contribution in [3.05, 3.63) is 11.7 Å². The first-order chi connectivity index (χ1) is 20.8. The van der Waals surface area contributed by atoms with Gasteiger partial charge in [0.15, 0.2) is 12.6 Å². The topological polar surface area (TPSA) is 36.9 Å². The van der Waals surface area contributed by atoms with Gasteiger partial charge in [-0.05, 0) is 25.7 Å². The smallest absolute Gasteiger partial charge is 0.321 e. The van der Waals surface area contributed by atoms with Gasteiger partial charge in [-0.3, -0.25) is 0 Å². The van der Waals surface area contributed by atoms with Crippen LogP contribution in [0.2, 0.25) is 0 Å². The molecule has 252 valence electrons. The minimum absolute atomic E-state index is 0.252. The lowest BCUT2D eigenvalue weighted by atomic mass is 10.1. The van der Waals surface area contributed by atoms with Crippen LogP contribution in [0.3, 0.4) is 0 Å². The first kappa shape index (κ1) is 41.1. The van der Waals surface area contributed by atoms with Crippen LogP contribution in [0.4, 0.5) is 0 Å². The van der Waals surface area contributed by atoms with E-state index in [2.05, 4.69) is 27.7 Å². The van der Waals surface area contributed by atoms with E-state index in [4.69, 9.17) is 18.9 Å². The fourth-order valence-electron chi connectivity index (χ4n) is 5.30. The second kappa shape index (κ2) is 36.3. The summed E-state index contributed by atoms with van der Waals surface area (Å²) in [6, 6.07) is 0. The monoisotopic (exact) mass is 597 g/mol. The third-order valence-electron chi connectivity index (χ3n) is 8.16. The lowest BCUT2D eigenvalue weighted by Crippen LogP contribution is -2.10. The summed E-state index contributed by atoms with van der Waals surface area (Å²) in [5.41, 5.74) is 0. The predicted octanol–water partition coefficient (Wildman–Crippen LogP) is 13.2. The van der Waals surface area contributed by atoms with Crippen molar-refractivity contribution in [2.24, 2.45) is 0 Å². The number of unbranched alkanes of at least 4 members (excludes halogenated alkanes) is 23. The minimum atomic E-state index is 0.252. The van der Waals surface area contributed by atoms with E-state index in [0.29, 0.717) is 12.6 Å². The van der Waals surface area contributed by atoms with Crippen molar-refractivity contribution in [2.75, 3.05) is 26.6 Å². The fraction of sp³-hybridized carbons (Fsp3) is 0.947. The highest BCUT2D eigenvalue weighted by Crippen LogP contribution is 2.20. The molecule has 4 heteroatoms. The van der Waals surface area contributed by atoms with Gasteiger partial charge in [0.25, 0.3) is 0 Å². The van der Waals surface area contributed by atoms with Crippen LogP contribution < -0.4 is 0 Å². The number of ether oxygens (including phenoxy) is 4. The zero-order valence-corrected chi connectivity index (χ0v) is 29.3. The van der Waals surface area contributed by atoms with Gasteiger partial charge in [0.05, 0.1) is 19.8 Å². The summed E-state index contributed by atoms with van der Waals surface area (Å²) in [4.78, 5) is 0. The van der Waals surface area contributed by atoms with Crippen molar-refractivity contribution in [2.45, 2.75) is 207 Å². The van der Waals surface area contributed by atoms with E-state index >= 15 is 0 Å². The molecule has 0 heterocycles. The Morgan fingerprint density at radius 2 is 0.690 bits per heavy atom. The lowest BCUT2D eigenvalue weighted by molar-refractivity contribution is -0.0846. The van der Waals surface area contributed by atoms with E-state index in [0.717, 1.165) is 51.1 Å². The van der Waals surface area contributed by atoms with E-state index in [-0.39, 0.29) is 6.79 Å². The van der Waals surface area contributed by atoms with Gasteiger partial charge < -0.3 is 18.9 Å².